The molecule has 0 bridgehead atoms. The molecular weight excluding hydrogens is 240 g/mol. The first kappa shape index (κ1) is 16.0. The predicted octanol–water partition coefficient (Wildman–Crippen LogP) is 2.33. The molecule has 1 fully saturated rings. The van der Waals surface area contributed by atoms with Gasteiger partial charge in [0.1, 0.15) is 12.1 Å². The number of carbonyl (C=O) groups is 2. The number of carbonyl (C=O) groups excluding carboxylic acids is 2. The van der Waals surface area contributed by atoms with Gasteiger partial charge in [0.05, 0.1) is 0 Å². The molecule has 1 rings (SSSR count). The van der Waals surface area contributed by atoms with Gasteiger partial charge >= 0.3 is 0 Å². The quantitative estimate of drug-likeness (QED) is 0.854. The van der Waals surface area contributed by atoms with E-state index in [-0.39, 0.29) is 22.8 Å². The van der Waals surface area contributed by atoms with Gasteiger partial charge in [-0.3, -0.25) is 9.59 Å². The topological polar surface area (TPSA) is 49.4 Å². The maximum absolute atomic E-state index is 12.8. The molecule has 0 aliphatic carbocycles. The van der Waals surface area contributed by atoms with Crippen LogP contribution in [0.25, 0.3) is 0 Å². The van der Waals surface area contributed by atoms with Crippen LogP contribution in [-0.4, -0.2) is 34.3 Å². The van der Waals surface area contributed by atoms with Gasteiger partial charge in [0, 0.05) is 5.54 Å². The zero-order valence-electron chi connectivity index (χ0n) is 13.3. The van der Waals surface area contributed by atoms with E-state index in [9.17, 15) is 9.59 Å². The Bertz CT molecular complexity index is 369. The van der Waals surface area contributed by atoms with Crippen molar-refractivity contribution in [2.45, 2.75) is 78.9 Å². The fourth-order valence-electron chi connectivity index (χ4n) is 2.91. The molecule has 2 amide bonds. The van der Waals surface area contributed by atoms with Crippen LogP contribution in [0, 0.1) is 5.41 Å². The fraction of sp³-hybridized carbons (Fsp3) is 0.867. The highest BCUT2D eigenvalue weighted by Gasteiger charge is 2.47. The Labute approximate surface area is 116 Å². The number of amides is 2. The van der Waals surface area contributed by atoms with Crippen LogP contribution < -0.4 is 5.32 Å². The average molecular weight is 268 g/mol. The Balaban J connectivity index is 3.13. The van der Waals surface area contributed by atoms with Crippen molar-refractivity contribution in [3.8, 4) is 0 Å². The lowest BCUT2D eigenvalue weighted by Gasteiger charge is -2.49. The molecule has 0 spiro atoms. The van der Waals surface area contributed by atoms with Crippen molar-refractivity contribution >= 4 is 11.8 Å². The molecule has 2 unspecified atom stereocenters. The smallest absolute Gasteiger partial charge is 0.246 e. The molecule has 1 aliphatic heterocycles. The summed E-state index contributed by atoms with van der Waals surface area (Å²) in [5, 5.41) is 2.87. The molecule has 1 heterocycles. The highest BCUT2D eigenvalue weighted by atomic mass is 16.2. The standard InChI is InChI=1S/C15H28N2O2/c1-8-9-15(6,7)17-10(2)12(18)16-11(13(17)19)14(3,4)5/h10-11H,8-9H2,1-7H3,(H,16,18). The normalized spacial score (nSPS) is 25.5. The number of nitrogens with zero attached hydrogens (tertiary/aromatic N) is 1. The van der Waals surface area contributed by atoms with Gasteiger partial charge in [-0.1, -0.05) is 34.1 Å². The zero-order valence-corrected chi connectivity index (χ0v) is 13.3. The average Bonchev–Trinajstić information content (AvgIpc) is 2.21. The van der Waals surface area contributed by atoms with Crippen LogP contribution in [0.3, 0.4) is 0 Å². The van der Waals surface area contributed by atoms with E-state index in [0.29, 0.717) is 0 Å². The van der Waals surface area contributed by atoms with Gasteiger partial charge in [-0.25, -0.2) is 0 Å². The largest absolute Gasteiger partial charge is 0.342 e. The molecule has 0 aromatic carbocycles. The van der Waals surface area contributed by atoms with Gasteiger partial charge in [-0.2, -0.15) is 0 Å². The van der Waals surface area contributed by atoms with Gasteiger partial charge in [0.2, 0.25) is 11.8 Å². The lowest BCUT2D eigenvalue weighted by Crippen LogP contribution is -2.70. The van der Waals surface area contributed by atoms with E-state index >= 15 is 0 Å². The van der Waals surface area contributed by atoms with Crippen LogP contribution in [0.4, 0.5) is 0 Å². The van der Waals surface area contributed by atoms with Gasteiger partial charge < -0.3 is 10.2 Å². The van der Waals surface area contributed by atoms with Gasteiger partial charge in [0.15, 0.2) is 0 Å². The molecule has 0 aromatic rings. The van der Waals surface area contributed by atoms with Crippen molar-refractivity contribution in [1.29, 1.82) is 0 Å². The van der Waals surface area contributed by atoms with Crippen LogP contribution in [0.2, 0.25) is 0 Å². The van der Waals surface area contributed by atoms with E-state index < -0.39 is 12.1 Å². The first-order valence-electron chi connectivity index (χ1n) is 7.16. The van der Waals surface area contributed by atoms with E-state index in [4.69, 9.17) is 0 Å². The summed E-state index contributed by atoms with van der Waals surface area (Å²) in [7, 11) is 0. The van der Waals surface area contributed by atoms with Crippen LogP contribution in [-0.2, 0) is 9.59 Å². The summed E-state index contributed by atoms with van der Waals surface area (Å²) in [4.78, 5) is 26.7. The number of piperazine rings is 1. The Kier molecular flexibility index (Phi) is 4.33. The van der Waals surface area contributed by atoms with E-state index in [0.717, 1.165) is 12.8 Å². The minimum Gasteiger partial charge on any atom is -0.342 e. The second-order valence-electron chi connectivity index (χ2n) is 7.25. The second kappa shape index (κ2) is 5.14. The van der Waals surface area contributed by atoms with Crippen LogP contribution in [0.15, 0.2) is 0 Å². The van der Waals surface area contributed by atoms with Gasteiger partial charge in [-0.05, 0) is 32.6 Å². The van der Waals surface area contributed by atoms with Crippen molar-refractivity contribution in [3.05, 3.63) is 0 Å². The van der Waals surface area contributed by atoms with Crippen LogP contribution in [0.5, 0.6) is 0 Å². The third kappa shape index (κ3) is 3.10. The molecule has 19 heavy (non-hydrogen) atoms. The number of rotatable bonds is 3. The van der Waals surface area contributed by atoms with Crippen LogP contribution >= 0.6 is 0 Å². The van der Waals surface area contributed by atoms with Crippen LogP contribution in [0.1, 0.15) is 61.3 Å². The summed E-state index contributed by atoms with van der Waals surface area (Å²) >= 11 is 0. The van der Waals surface area contributed by atoms with Crippen molar-refractivity contribution in [2.75, 3.05) is 0 Å². The van der Waals surface area contributed by atoms with E-state index in [1.54, 1.807) is 4.90 Å². The first-order chi connectivity index (χ1) is 8.52. The summed E-state index contributed by atoms with van der Waals surface area (Å²) in [5.41, 5.74) is -0.556. The SMILES string of the molecule is CCCC(C)(C)N1C(=O)C(C(C)(C)C)NC(=O)C1C. The first-order valence-corrected chi connectivity index (χ1v) is 7.16. The minimum atomic E-state index is -0.438. The Morgan fingerprint density at radius 2 is 1.68 bits per heavy atom. The lowest BCUT2D eigenvalue weighted by atomic mass is 9.82. The number of hydrogen-bond acceptors (Lipinski definition) is 2. The summed E-state index contributed by atoms with van der Waals surface area (Å²) in [6.07, 6.45) is 1.89. The van der Waals surface area contributed by atoms with Crippen molar-refractivity contribution < 1.29 is 9.59 Å². The third-order valence-electron chi connectivity index (χ3n) is 3.92. The molecule has 1 N–H and O–H groups in total. The molecule has 0 radical (unpaired) electrons. The van der Waals surface area contributed by atoms with E-state index in [1.807, 2.05) is 41.5 Å². The third-order valence-corrected chi connectivity index (χ3v) is 3.92. The molecular formula is C15H28N2O2. The maximum atomic E-state index is 12.8. The van der Waals surface area contributed by atoms with Gasteiger partial charge in [0.25, 0.3) is 0 Å². The Morgan fingerprint density at radius 3 is 2.11 bits per heavy atom. The number of nitrogens with one attached hydrogen (secondary N) is 1. The van der Waals surface area contributed by atoms with Gasteiger partial charge in [-0.15, -0.1) is 0 Å². The number of hydrogen-bond donors (Lipinski definition) is 1. The summed E-state index contributed by atoms with van der Waals surface area (Å²) in [6.45, 7) is 13.9. The van der Waals surface area contributed by atoms with E-state index in [1.165, 1.54) is 0 Å². The molecule has 0 saturated carbocycles. The predicted molar refractivity (Wildman–Crippen MR) is 76.7 cm³/mol. The minimum absolute atomic E-state index is 0.0399. The maximum Gasteiger partial charge on any atom is 0.246 e. The highest BCUT2D eigenvalue weighted by molar-refractivity contribution is 5.97. The van der Waals surface area contributed by atoms with Crippen molar-refractivity contribution in [2.24, 2.45) is 5.41 Å². The molecule has 110 valence electrons. The van der Waals surface area contributed by atoms with Crippen molar-refractivity contribution in [1.82, 2.24) is 10.2 Å². The summed E-state index contributed by atoms with van der Waals surface area (Å²) in [6, 6.07) is -0.833. The molecule has 4 heteroatoms. The Morgan fingerprint density at radius 1 is 1.16 bits per heavy atom. The summed E-state index contributed by atoms with van der Waals surface area (Å²) in [5.74, 6) is -0.0123. The zero-order chi connectivity index (χ0) is 15.0. The molecule has 0 aromatic heterocycles. The fourth-order valence-corrected chi connectivity index (χ4v) is 2.91. The molecule has 4 nitrogen and oxygen atoms in total. The molecule has 1 saturated heterocycles. The highest BCUT2D eigenvalue weighted by Crippen LogP contribution is 2.31. The molecule has 2 atom stereocenters. The van der Waals surface area contributed by atoms with Crippen molar-refractivity contribution in [3.63, 3.8) is 0 Å². The lowest BCUT2D eigenvalue weighted by molar-refractivity contribution is -0.158. The van der Waals surface area contributed by atoms with E-state index in [2.05, 4.69) is 12.2 Å². The Hall–Kier alpha value is -1.06. The molecule has 1 aliphatic rings. The second-order valence-corrected chi connectivity index (χ2v) is 7.25. The summed E-state index contributed by atoms with van der Waals surface area (Å²) < 4.78 is 0. The monoisotopic (exact) mass is 268 g/mol.